The summed E-state index contributed by atoms with van der Waals surface area (Å²) < 4.78 is 9.29. The number of hydrogen-bond acceptors (Lipinski definition) is 5. The summed E-state index contributed by atoms with van der Waals surface area (Å²) in [7, 11) is 0. The lowest BCUT2D eigenvalue weighted by atomic mass is 9.88. The molecule has 5 heteroatoms. The van der Waals surface area contributed by atoms with Crippen LogP contribution in [0.15, 0.2) is 180 Å². The number of furan rings is 1. The second-order valence-electron chi connectivity index (χ2n) is 13.5. The summed E-state index contributed by atoms with van der Waals surface area (Å²) in [6.45, 7) is 0. The van der Waals surface area contributed by atoms with Crippen molar-refractivity contribution in [3.8, 4) is 56.4 Å². The maximum atomic E-state index is 6.72. The molecule has 0 amide bonds. The van der Waals surface area contributed by atoms with Crippen LogP contribution < -0.4 is 0 Å². The molecule has 0 atom stereocenters. The van der Waals surface area contributed by atoms with Crippen LogP contribution in [0.2, 0.25) is 0 Å². The second-order valence-corrected chi connectivity index (χ2v) is 14.5. The lowest BCUT2D eigenvalue weighted by molar-refractivity contribution is 0.669. The number of hydrogen-bond donors (Lipinski definition) is 0. The zero-order valence-corrected chi connectivity index (χ0v) is 29.7. The Kier molecular flexibility index (Phi) is 7.00. The molecule has 8 aromatic carbocycles. The van der Waals surface area contributed by atoms with Gasteiger partial charge in [0.1, 0.15) is 11.2 Å². The minimum absolute atomic E-state index is 0.606. The highest BCUT2D eigenvalue weighted by molar-refractivity contribution is 7.26. The van der Waals surface area contributed by atoms with Gasteiger partial charge >= 0.3 is 0 Å². The van der Waals surface area contributed by atoms with E-state index in [2.05, 4.69) is 103 Å². The Morgan fingerprint density at radius 3 is 1.63 bits per heavy atom. The van der Waals surface area contributed by atoms with E-state index in [1.807, 2.05) is 84.1 Å². The molecule has 0 saturated heterocycles. The summed E-state index contributed by atoms with van der Waals surface area (Å²) in [4.78, 5) is 15.0. The average molecular weight is 708 g/mol. The first-order chi connectivity index (χ1) is 26.8. The molecule has 0 saturated carbocycles. The largest absolute Gasteiger partial charge is 0.456 e. The molecular formula is C49H29N3OS. The predicted octanol–water partition coefficient (Wildman–Crippen LogP) is 13.6. The van der Waals surface area contributed by atoms with Gasteiger partial charge in [-0.15, -0.1) is 11.3 Å². The van der Waals surface area contributed by atoms with Crippen LogP contribution in [0.4, 0.5) is 0 Å². The van der Waals surface area contributed by atoms with Gasteiger partial charge in [-0.1, -0.05) is 152 Å². The van der Waals surface area contributed by atoms with E-state index in [0.717, 1.165) is 44.2 Å². The first-order valence-corrected chi connectivity index (χ1v) is 18.8. The minimum atomic E-state index is 0.606. The van der Waals surface area contributed by atoms with Crippen LogP contribution in [0, 0.1) is 0 Å². The molecule has 0 radical (unpaired) electrons. The molecule has 252 valence electrons. The smallest absolute Gasteiger partial charge is 0.164 e. The Morgan fingerprint density at radius 1 is 0.370 bits per heavy atom. The van der Waals surface area contributed by atoms with E-state index in [9.17, 15) is 0 Å². The van der Waals surface area contributed by atoms with Gasteiger partial charge in [-0.05, 0) is 51.7 Å². The van der Waals surface area contributed by atoms with Crippen molar-refractivity contribution in [1.29, 1.82) is 0 Å². The van der Waals surface area contributed by atoms with Gasteiger partial charge in [0.2, 0.25) is 0 Å². The van der Waals surface area contributed by atoms with Crippen LogP contribution in [-0.2, 0) is 0 Å². The van der Waals surface area contributed by atoms with E-state index in [0.29, 0.717) is 17.5 Å². The SMILES string of the molecule is c1ccc(-c2nc(-c3ccccc3)nc(-c3cccc4oc5cc(-c6c7ccccc7c(-c7ccccc7)c7sc8ccccc8c67)ccc5c34)n2)cc1. The van der Waals surface area contributed by atoms with Gasteiger partial charge in [-0.3, -0.25) is 0 Å². The zero-order valence-electron chi connectivity index (χ0n) is 28.9. The van der Waals surface area contributed by atoms with Crippen molar-refractivity contribution >= 4 is 64.2 Å². The van der Waals surface area contributed by atoms with Crippen LogP contribution >= 0.6 is 11.3 Å². The molecule has 0 spiro atoms. The van der Waals surface area contributed by atoms with E-state index >= 15 is 0 Å². The first kappa shape index (κ1) is 30.7. The molecule has 11 rings (SSSR count). The summed E-state index contributed by atoms with van der Waals surface area (Å²) in [5.74, 6) is 1.86. The van der Waals surface area contributed by atoms with Gasteiger partial charge < -0.3 is 4.42 Å². The second kappa shape index (κ2) is 12.3. The van der Waals surface area contributed by atoms with Crippen molar-refractivity contribution in [2.75, 3.05) is 0 Å². The van der Waals surface area contributed by atoms with Crippen LogP contribution in [-0.4, -0.2) is 15.0 Å². The maximum absolute atomic E-state index is 6.72. The molecule has 3 heterocycles. The van der Waals surface area contributed by atoms with E-state index in [-0.39, 0.29) is 0 Å². The van der Waals surface area contributed by atoms with Crippen molar-refractivity contribution in [1.82, 2.24) is 15.0 Å². The first-order valence-electron chi connectivity index (χ1n) is 18.0. The van der Waals surface area contributed by atoms with E-state index in [1.54, 1.807) is 0 Å². The summed E-state index contributed by atoms with van der Waals surface area (Å²) in [6.07, 6.45) is 0. The van der Waals surface area contributed by atoms with Crippen LogP contribution in [0.5, 0.6) is 0 Å². The van der Waals surface area contributed by atoms with Crippen molar-refractivity contribution < 1.29 is 4.42 Å². The van der Waals surface area contributed by atoms with Gasteiger partial charge in [0, 0.05) is 53.2 Å². The lowest BCUT2D eigenvalue weighted by Gasteiger charge is -2.15. The van der Waals surface area contributed by atoms with Gasteiger partial charge in [0.25, 0.3) is 0 Å². The number of fused-ring (bicyclic) bond motifs is 7. The third kappa shape index (κ3) is 4.86. The highest BCUT2D eigenvalue weighted by Crippen LogP contribution is 2.50. The van der Waals surface area contributed by atoms with E-state index in [1.165, 1.54) is 47.6 Å². The molecule has 0 fully saturated rings. The number of nitrogens with zero attached hydrogens (tertiary/aromatic N) is 3. The van der Waals surface area contributed by atoms with E-state index in [4.69, 9.17) is 19.4 Å². The fraction of sp³-hybridized carbons (Fsp3) is 0. The molecule has 0 aliphatic rings. The van der Waals surface area contributed by atoms with Crippen molar-refractivity contribution in [2.45, 2.75) is 0 Å². The van der Waals surface area contributed by atoms with Crippen LogP contribution in [0.1, 0.15) is 0 Å². The highest BCUT2D eigenvalue weighted by Gasteiger charge is 2.23. The maximum Gasteiger partial charge on any atom is 0.164 e. The van der Waals surface area contributed by atoms with Crippen LogP contribution in [0.3, 0.4) is 0 Å². The Hall–Kier alpha value is -6.95. The molecule has 0 unspecified atom stereocenters. The molecule has 54 heavy (non-hydrogen) atoms. The van der Waals surface area contributed by atoms with Gasteiger partial charge in [-0.25, -0.2) is 15.0 Å². The Bertz CT molecular complexity index is 3150. The fourth-order valence-electron chi connectivity index (χ4n) is 7.93. The summed E-state index contributed by atoms with van der Waals surface area (Å²) in [5, 5.41) is 7.00. The minimum Gasteiger partial charge on any atom is -0.456 e. The van der Waals surface area contributed by atoms with Crippen LogP contribution in [0.25, 0.3) is 109 Å². The molecular weight excluding hydrogens is 679 g/mol. The Labute approximate surface area is 314 Å². The third-order valence-electron chi connectivity index (χ3n) is 10.3. The van der Waals surface area contributed by atoms with Crippen molar-refractivity contribution in [2.24, 2.45) is 0 Å². The molecule has 3 aromatic heterocycles. The zero-order chi connectivity index (χ0) is 35.6. The lowest BCUT2D eigenvalue weighted by Crippen LogP contribution is -2.00. The molecule has 4 nitrogen and oxygen atoms in total. The normalized spacial score (nSPS) is 11.7. The number of aromatic nitrogens is 3. The molecule has 11 aromatic rings. The molecule has 0 aliphatic heterocycles. The molecule has 0 aliphatic carbocycles. The molecule has 0 N–H and O–H groups in total. The van der Waals surface area contributed by atoms with Gasteiger partial charge in [-0.2, -0.15) is 0 Å². The van der Waals surface area contributed by atoms with Crippen molar-refractivity contribution in [3.63, 3.8) is 0 Å². The fourth-order valence-corrected chi connectivity index (χ4v) is 9.22. The average Bonchev–Trinajstić information content (AvgIpc) is 3.82. The Morgan fingerprint density at radius 2 is 0.944 bits per heavy atom. The number of thiophene rings is 1. The highest BCUT2D eigenvalue weighted by atomic mass is 32.1. The standard InChI is InChI=1S/C49H29N3OS/c1-4-15-30(16-5-1)43-35-22-11-10-21-34(35)42(45-37-23-12-13-26-41(37)54-46(43)45)33-27-28-36-40(29-33)53-39-25-14-24-38(44(36)39)49-51-47(31-17-6-2-7-18-31)50-48(52-49)32-19-8-3-9-20-32/h1-29H. The summed E-state index contributed by atoms with van der Waals surface area (Å²) >= 11 is 1.87. The van der Waals surface area contributed by atoms with Crippen molar-refractivity contribution in [3.05, 3.63) is 176 Å². The quantitative estimate of drug-likeness (QED) is 0.179. The monoisotopic (exact) mass is 707 g/mol. The molecule has 0 bridgehead atoms. The van der Waals surface area contributed by atoms with Gasteiger partial charge in [0.05, 0.1) is 0 Å². The summed E-state index contributed by atoms with van der Waals surface area (Å²) in [6, 6.07) is 61.4. The van der Waals surface area contributed by atoms with Gasteiger partial charge in [0.15, 0.2) is 17.5 Å². The number of rotatable bonds is 5. The predicted molar refractivity (Wildman–Crippen MR) is 225 cm³/mol. The summed E-state index contributed by atoms with van der Waals surface area (Å²) in [5.41, 5.74) is 9.22. The van der Waals surface area contributed by atoms with E-state index < -0.39 is 0 Å². The Balaban J connectivity index is 1.16. The topological polar surface area (TPSA) is 51.8 Å². The third-order valence-corrected chi connectivity index (χ3v) is 11.5. The number of benzene rings is 8.